The number of amides is 2. The van der Waals surface area contributed by atoms with Gasteiger partial charge in [0.1, 0.15) is 11.8 Å². The summed E-state index contributed by atoms with van der Waals surface area (Å²) in [6.45, 7) is 2.28. The molecule has 2 amide bonds. The number of aliphatic hydroxyl groups excluding tert-OH is 2. The number of carbonyl (C=O) groups is 2. The summed E-state index contributed by atoms with van der Waals surface area (Å²) < 4.78 is 1.42. The molecule has 2 fully saturated rings. The summed E-state index contributed by atoms with van der Waals surface area (Å²) in [4.78, 5) is 42.7. The Hall–Kier alpha value is -3.50. The lowest BCUT2D eigenvalue weighted by atomic mass is 9.93. The third-order valence-corrected chi connectivity index (χ3v) is 6.98. The van der Waals surface area contributed by atoms with Crippen molar-refractivity contribution >= 4 is 23.0 Å². The Morgan fingerprint density at radius 1 is 1.24 bits per heavy atom. The number of aromatic nitrogens is 3. The quantitative estimate of drug-likeness (QED) is 0.453. The minimum absolute atomic E-state index is 0.0624. The molecule has 2 unspecified atom stereocenters. The molecule has 33 heavy (non-hydrogen) atoms. The van der Waals surface area contributed by atoms with Crippen LogP contribution in [0.2, 0.25) is 0 Å². The molecule has 2 atom stereocenters. The van der Waals surface area contributed by atoms with Crippen LogP contribution in [0.15, 0.2) is 35.5 Å². The molecular formula is C23H25N5O5. The van der Waals surface area contributed by atoms with Gasteiger partial charge in [0.15, 0.2) is 0 Å². The summed E-state index contributed by atoms with van der Waals surface area (Å²) in [5, 5.41) is 25.9. The first-order chi connectivity index (χ1) is 15.9. The lowest BCUT2D eigenvalue weighted by Gasteiger charge is -2.31. The molecule has 4 N–H and O–H groups in total. The van der Waals surface area contributed by atoms with Crippen molar-refractivity contribution in [1.29, 1.82) is 0 Å². The fourth-order valence-electron chi connectivity index (χ4n) is 5.02. The van der Waals surface area contributed by atoms with Crippen molar-refractivity contribution in [2.75, 3.05) is 18.4 Å². The van der Waals surface area contributed by atoms with Gasteiger partial charge < -0.3 is 25.4 Å². The predicted molar refractivity (Wildman–Crippen MR) is 119 cm³/mol. The number of fused-ring (bicyclic) bond motifs is 2. The summed E-state index contributed by atoms with van der Waals surface area (Å²) in [7, 11) is 0. The molecule has 1 aliphatic heterocycles. The highest BCUT2D eigenvalue weighted by Gasteiger charge is 2.62. The van der Waals surface area contributed by atoms with Gasteiger partial charge in [-0.25, -0.2) is 4.52 Å². The Bertz CT molecular complexity index is 1310. The first-order valence-corrected chi connectivity index (χ1v) is 10.9. The molecule has 0 radical (unpaired) electrons. The van der Waals surface area contributed by atoms with Gasteiger partial charge in [0.2, 0.25) is 5.91 Å². The van der Waals surface area contributed by atoms with Gasteiger partial charge in [-0.1, -0.05) is 6.07 Å². The molecular weight excluding hydrogens is 426 g/mol. The van der Waals surface area contributed by atoms with Crippen LogP contribution in [-0.4, -0.2) is 54.6 Å². The highest BCUT2D eigenvalue weighted by Crippen LogP contribution is 2.58. The zero-order valence-corrected chi connectivity index (χ0v) is 18.2. The fourth-order valence-corrected chi connectivity index (χ4v) is 5.02. The van der Waals surface area contributed by atoms with E-state index in [1.807, 2.05) is 0 Å². The van der Waals surface area contributed by atoms with E-state index in [-0.39, 0.29) is 36.5 Å². The van der Waals surface area contributed by atoms with Crippen molar-refractivity contribution in [2.24, 2.45) is 11.3 Å². The molecule has 1 aromatic carbocycles. The molecule has 10 heteroatoms. The molecule has 1 aliphatic carbocycles. The molecule has 3 aromatic rings. The van der Waals surface area contributed by atoms with Gasteiger partial charge in [0, 0.05) is 25.0 Å². The summed E-state index contributed by atoms with van der Waals surface area (Å²) in [5.74, 6) is -0.200. The Balaban J connectivity index is 1.30. The molecule has 2 aromatic heterocycles. The number of H-pyrrole nitrogens is 1. The maximum Gasteiger partial charge on any atom is 0.275 e. The number of piperidine rings is 1. The lowest BCUT2D eigenvalue weighted by Crippen LogP contribution is -2.42. The third-order valence-electron chi connectivity index (χ3n) is 6.98. The molecule has 0 spiro atoms. The fraction of sp³-hybridized carbons (Fsp3) is 0.391. The van der Waals surface area contributed by atoms with Crippen LogP contribution in [0, 0.1) is 18.3 Å². The number of likely N-dealkylation sites (tertiary alicyclic amines) is 1. The van der Waals surface area contributed by atoms with Crippen LogP contribution in [0.1, 0.15) is 39.9 Å². The minimum Gasteiger partial charge on any atom is -0.392 e. The molecule has 0 bridgehead atoms. The lowest BCUT2D eigenvalue weighted by molar-refractivity contribution is -0.122. The first kappa shape index (κ1) is 21.4. The van der Waals surface area contributed by atoms with Crippen molar-refractivity contribution in [2.45, 2.75) is 33.0 Å². The highest BCUT2D eigenvalue weighted by atomic mass is 16.3. The predicted octanol–water partition coefficient (Wildman–Crippen LogP) is 0.807. The number of hydrogen-bond acceptors (Lipinski definition) is 6. The van der Waals surface area contributed by atoms with Crippen LogP contribution in [0.4, 0.5) is 5.69 Å². The van der Waals surface area contributed by atoms with E-state index in [1.165, 1.54) is 10.8 Å². The average Bonchev–Trinajstić information content (AvgIpc) is 3.47. The minimum atomic E-state index is -0.509. The van der Waals surface area contributed by atoms with E-state index in [1.54, 1.807) is 36.2 Å². The van der Waals surface area contributed by atoms with Crippen LogP contribution in [-0.2, 0) is 18.0 Å². The highest BCUT2D eigenvalue weighted by molar-refractivity contribution is 6.00. The number of aliphatic hydroxyl groups is 2. The smallest absolute Gasteiger partial charge is 0.275 e. The van der Waals surface area contributed by atoms with E-state index in [0.29, 0.717) is 59.4 Å². The van der Waals surface area contributed by atoms with Crippen molar-refractivity contribution < 1.29 is 19.8 Å². The Kier molecular flexibility index (Phi) is 5.06. The third kappa shape index (κ3) is 3.51. The summed E-state index contributed by atoms with van der Waals surface area (Å²) in [6, 6.07) is 5.08. The first-order valence-electron chi connectivity index (χ1n) is 10.9. The van der Waals surface area contributed by atoms with Gasteiger partial charge >= 0.3 is 0 Å². The van der Waals surface area contributed by atoms with Crippen molar-refractivity contribution in [1.82, 2.24) is 19.5 Å². The second-order valence-corrected chi connectivity index (χ2v) is 8.95. The second kappa shape index (κ2) is 7.82. The summed E-state index contributed by atoms with van der Waals surface area (Å²) >= 11 is 0. The summed E-state index contributed by atoms with van der Waals surface area (Å²) in [6.07, 6.45) is 4.12. The van der Waals surface area contributed by atoms with E-state index < -0.39 is 5.41 Å². The summed E-state index contributed by atoms with van der Waals surface area (Å²) in [5.41, 5.74) is 2.35. The van der Waals surface area contributed by atoms with Gasteiger partial charge in [-0.3, -0.25) is 14.4 Å². The van der Waals surface area contributed by atoms with Gasteiger partial charge in [-0.15, -0.1) is 0 Å². The van der Waals surface area contributed by atoms with Gasteiger partial charge in [-0.05, 0) is 54.5 Å². The van der Waals surface area contributed by atoms with Crippen LogP contribution in [0.5, 0.6) is 0 Å². The normalized spacial score (nSPS) is 21.7. The van der Waals surface area contributed by atoms with Crippen LogP contribution < -0.4 is 10.9 Å². The number of rotatable bonds is 5. The number of anilines is 1. The van der Waals surface area contributed by atoms with E-state index >= 15 is 0 Å². The van der Waals surface area contributed by atoms with Crippen molar-refractivity contribution in [3.8, 4) is 0 Å². The van der Waals surface area contributed by atoms with Crippen LogP contribution in [0.3, 0.4) is 0 Å². The van der Waals surface area contributed by atoms with Gasteiger partial charge in [0.05, 0.1) is 24.2 Å². The average molecular weight is 451 g/mol. The molecule has 10 nitrogen and oxygen atoms in total. The number of hydrogen-bond donors (Lipinski definition) is 4. The number of aryl methyl sites for hydroxylation is 1. The van der Waals surface area contributed by atoms with Gasteiger partial charge in [0.25, 0.3) is 11.5 Å². The van der Waals surface area contributed by atoms with Crippen LogP contribution in [0.25, 0.3) is 5.52 Å². The maximum atomic E-state index is 13.2. The zero-order chi connectivity index (χ0) is 23.3. The SMILES string of the molecule is Cc1c(C(=O)N2CCC3(C(=O)Nc4cc(CO)cc(CO)c4)CC3C2)cn2nc[nH]c(=O)c12. The number of benzene rings is 1. The van der Waals surface area contributed by atoms with Crippen molar-refractivity contribution in [3.63, 3.8) is 0 Å². The van der Waals surface area contributed by atoms with E-state index in [2.05, 4.69) is 15.4 Å². The standard InChI is InChI=1S/C23H25N5O5/c1-13-18(9-28-19(13)20(31)24-12-25-28)21(32)27-3-2-23(7-16(23)8-27)22(33)26-17-5-14(10-29)4-15(6-17)11-30/h4-6,9,12,16,29-30H,2-3,7-8,10-11H2,1H3,(H,26,33)(H,24,25,31). The van der Waals surface area contributed by atoms with E-state index in [0.717, 1.165) is 0 Å². The maximum absolute atomic E-state index is 13.2. The Labute approximate surface area is 188 Å². The monoisotopic (exact) mass is 451 g/mol. The largest absolute Gasteiger partial charge is 0.392 e. The topological polar surface area (TPSA) is 140 Å². The second-order valence-electron chi connectivity index (χ2n) is 8.95. The molecule has 1 saturated heterocycles. The number of nitrogens with one attached hydrogen (secondary N) is 2. The van der Waals surface area contributed by atoms with E-state index in [4.69, 9.17) is 0 Å². The zero-order valence-electron chi connectivity index (χ0n) is 18.2. The van der Waals surface area contributed by atoms with Crippen molar-refractivity contribution in [3.05, 3.63) is 63.3 Å². The molecule has 2 aliphatic rings. The number of carbonyl (C=O) groups excluding carboxylic acids is 2. The molecule has 1 saturated carbocycles. The van der Waals surface area contributed by atoms with E-state index in [9.17, 15) is 24.6 Å². The number of nitrogens with zero attached hydrogens (tertiary/aromatic N) is 3. The van der Waals surface area contributed by atoms with Gasteiger partial charge in [-0.2, -0.15) is 5.10 Å². The molecule has 3 heterocycles. The van der Waals surface area contributed by atoms with Crippen LogP contribution >= 0.6 is 0 Å². The Morgan fingerprint density at radius 2 is 1.97 bits per heavy atom. The Morgan fingerprint density at radius 3 is 2.61 bits per heavy atom. The number of aromatic amines is 1. The molecule has 5 rings (SSSR count). The molecule has 172 valence electrons.